The summed E-state index contributed by atoms with van der Waals surface area (Å²) >= 11 is 0. The van der Waals surface area contributed by atoms with Crippen LogP contribution in [0.5, 0.6) is 0 Å². The maximum absolute atomic E-state index is 3.60. The van der Waals surface area contributed by atoms with Crippen LogP contribution in [0, 0.1) is 11.8 Å². The van der Waals surface area contributed by atoms with Crippen molar-refractivity contribution >= 4 is 0 Å². The first-order valence-electron chi connectivity index (χ1n) is 7.18. The first kappa shape index (κ1) is 14.0. The second-order valence-electron chi connectivity index (χ2n) is 5.58. The van der Waals surface area contributed by atoms with Crippen LogP contribution in [0.3, 0.4) is 0 Å². The fourth-order valence-electron chi connectivity index (χ4n) is 2.09. The largest absolute Gasteiger partial charge is 0.316 e. The third-order valence-corrected chi connectivity index (χ3v) is 3.54. The van der Waals surface area contributed by atoms with Crippen LogP contribution in [0.2, 0.25) is 0 Å². The average Bonchev–Trinajstić information content (AvgIpc) is 3.05. The van der Waals surface area contributed by atoms with Gasteiger partial charge in [-0.3, -0.25) is 0 Å². The van der Waals surface area contributed by atoms with Crippen molar-refractivity contribution in [1.82, 2.24) is 10.6 Å². The molecular weight excluding hydrogens is 196 g/mol. The third-order valence-electron chi connectivity index (χ3n) is 3.54. The van der Waals surface area contributed by atoms with Crippen molar-refractivity contribution in [2.24, 2.45) is 11.8 Å². The van der Waals surface area contributed by atoms with Gasteiger partial charge in [-0.25, -0.2) is 0 Å². The van der Waals surface area contributed by atoms with Gasteiger partial charge in [0, 0.05) is 6.04 Å². The van der Waals surface area contributed by atoms with E-state index in [9.17, 15) is 0 Å². The van der Waals surface area contributed by atoms with Crippen molar-refractivity contribution in [1.29, 1.82) is 0 Å². The van der Waals surface area contributed by atoms with E-state index in [4.69, 9.17) is 0 Å². The molecule has 0 aliphatic heterocycles. The van der Waals surface area contributed by atoms with Crippen molar-refractivity contribution in [3.63, 3.8) is 0 Å². The molecule has 2 heteroatoms. The maximum atomic E-state index is 3.60. The van der Waals surface area contributed by atoms with Gasteiger partial charge < -0.3 is 10.6 Å². The molecule has 0 aromatic heterocycles. The fraction of sp³-hybridized carbons (Fsp3) is 1.00. The first-order chi connectivity index (χ1) is 7.74. The molecule has 96 valence electrons. The lowest BCUT2D eigenvalue weighted by atomic mass is 9.91. The van der Waals surface area contributed by atoms with Crippen molar-refractivity contribution in [3.05, 3.63) is 0 Å². The molecule has 0 aromatic rings. The van der Waals surface area contributed by atoms with Crippen molar-refractivity contribution < 1.29 is 0 Å². The molecule has 0 spiro atoms. The summed E-state index contributed by atoms with van der Waals surface area (Å²) in [6.45, 7) is 10.5. The van der Waals surface area contributed by atoms with Crippen LogP contribution in [0.4, 0.5) is 0 Å². The Hall–Kier alpha value is -0.0800. The Bertz CT molecular complexity index is 164. The maximum Gasteiger partial charge on any atom is 0.00682 e. The van der Waals surface area contributed by atoms with Crippen LogP contribution in [0.15, 0.2) is 0 Å². The van der Waals surface area contributed by atoms with E-state index < -0.39 is 0 Å². The highest BCUT2D eigenvalue weighted by Crippen LogP contribution is 2.19. The Morgan fingerprint density at radius 2 is 1.94 bits per heavy atom. The minimum Gasteiger partial charge on any atom is -0.316 e. The number of nitrogens with one attached hydrogen (secondary N) is 2. The van der Waals surface area contributed by atoms with Crippen molar-refractivity contribution in [2.45, 2.75) is 58.9 Å². The molecule has 1 aliphatic rings. The van der Waals surface area contributed by atoms with Gasteiger partial charge in [-0.1, -0.05) is 20.8 Å². The van der Waals surface area contributed by atoms with E-state index in [1.165, 1.54) is 51.7 Å². The molecule has 16 heavy (non-hydrogen) atoms. The van der Waals surface area contributed by atoms with Gasteiger partial charge in [0.05, 0.1) is 0 Å². The van der Waals surface area contributed by atoms with Gasteiger partial charge in [-0.2, -0.15) is 0 Å². The Balaban J connectivity index is 2.01. The van der Waals surface area contributed by atoms with Gasteiger partial charge in [0.15, 0.2) is 0 Å². The SMILES string of the molecule is CCCNCC(CCCNC1CC1)C(C)C. The summed E-state index contributed by atoms with van der Waals surface area (Å²) in [4.78, 5) is 0. The average molecular weight is 226 g/mol. The Morgan fingerprint density at radius 1 is 1.19 bits per heavy atom. The second kappa shape index (κ2) is 8.08. The molecule has 0 saturated heterocycles. The van der Waals surface area contributed by atoms with Crippen LogP contribution in [0.25, 0.3) is 0 Å². The van der Waals surface area contributed by atoms with Crippen LogP contribution >= 0.6 is 0 Å². The highest BCUT2D eigenvalue weighted by molar-refractivity contribution is 4.80. The number of rotatable bonds is 10. The zero-order chi connectivity index (χ0) is 11.8. The van der Waals surface area contributed by atoms with Gasteiger partial charge in [0.2, 0.25) is 0 Å². The molecule has 0 radical (unpaired) electrons. The quantitative estimate of drug-likeness (QED) is 0.560. The molecule has 0 heterocycles. The van der Waals surface area contributed by atoms with E-state index in [2.05, 4.69) is 31.4 Å². The molecule has 1 atom stereocenters. The van der Waals surface area contributed by atoms with E-state index in [0.29, 0.717) is 0 Å². The molecule has 1 fully saturated rings. The summed E-state index contributed by atoms with van der Waals surface area (Å²) in [6, 6.07) is 0.871. The highest BCUT2D eigenvalue weighted by Gasteiger charge is 2.20. The zero-order valence-corrected chi connectivity index (χ0v) is 11.4. The predicted molar refractivity (Wildman–Crippen MR) is 71.7 cm³/mol. The summed E-state index contributed by atoms with van der Waals surface area (Å²) < 4.78 is 0. The molecule has 0 aromatic carbocycles. The first-order valence-corrected chi connectivity index (χ1v) is 7.18. The summed E-state index contributed by atoms with van der Waals surface area (Å²) in [5.74, 6) is 1.66. The van der Waals surface area contributed by atoms with Crippen molar-refractivity contribution in [2.75, 3.05) is 19.6 Å². The lowest BCUT2D eigenvalue weighted by Crippen LogP contribution is -2.28. The van der Waals surface area contributed by atoms with Crippen molar-refractivity contribution in [3.8, 4) is 0 Å². The molecule has 1 rings (SSSR count). The van der Waals surface area contributed by atoms with Gasteiger partial charge in [0.1, 0.15) is 0 Å². The summed E-state index contributed by atoms with van der Waals surface area (Å²) in [5.41, 5.74) is 0. The number of hydrogen-bond donors (Lipinski definition) is 2. The molecule has 0 amide bonds. The molecule has 1 unspecified atom stereocenters. The number of hydrogen-bond acceptors (Lipinski definition) is 2. The van der Waals surface area contributed by atoms with Gasteiger partial charge in [0.25, 0.3) is 0 Å². The summed E-state index contributed by atoms with van der Waals surface area (Å²) in [6.07, 6.45) is 6.77. The third kappa shape index (κ3) is 6.49. The highest BCUT2D eigenvalue weighted by atomic mass is 14.9. The second-order valence-corrected chi connectivity index (χ2v) is 5.58. The molecule has 0 bridgehead atoms. The Morgan fingerprint density at radius 3 is 2.50 bits per heavy atom. The predicted octanol–water partition coefficient (Wildman–Crippen LogP) is 2.79. The summed E-state index contributed by atoms with van der Waals surface area (Å²) in [7, 11) is 0. The van der Waals surface area contributed by atoms with Crippen LogP contribution < -0.4 is 10.6 Å². The van der Waals surface area contributed by atoms with Gasteiger partial charge in [-0.05, 0) is 63.6 Å². The Kier molecular flexibility index (Phi) is 7.06. The van der Waals surface area contributed by atoms with Gasteiger partial charge in [-0.15, -0.1) is 0 Å². The van der Waals surface area contributed by atoms with E-state index in [1.54, 1.807) is 0 Å². The molecular formula is C14H30N2. The standard InChI is InChI=1S/C14H30N2/c1-4-9-15-11-13(12(2)3)6-5-10-16-14-7-8-14/h12-16H,4-11H2,1-3H3. The monoisotopic (exact) mass is 226 g/mol. The fourth-order valence-corrected chi connectivity index (χ4v) is 2.09. The summed E-state index contributed by atoms with van der Waals surface area (Å²) in [5, 5.41) is 7.16. The topological polar surface area (TPSA) is 24.1 Å². The lowest BCUT2D eigenvalue weighted by molar-refractivity contribution is 0.331. The lowest BCUT2D eigenvalue weighted by Gasteiger charge is -2.21. The minimum atomic E-state index is 0.810. The minimum absolute atomic E-state index is 0.810. The van der Waals surface area contributed by atoms with E-state index >= 15 is 0 Å². The van der Waals surface area contributed by atoms with Crippen LogP contribution in [-0.2, 0) is 0 Å². The zero-order valence-electron chi connectivity index (χ0n) is 11.4. The van der Waals surface area contributed by atoms with E-state index in [1.807, 2.05) is 0 Å². The smallest absolute Gasteiger partial charge is 0.00682 e. The van der Waals surface area contributed by atoms with E-state index in [-0.39, 0.29) is 0 Å². The molecule has 2 N–H and O–H groups in total. The van der Waals surface area contributed by atoms with Crippen LogP contribution in [-0.4, -0.2) is 25.7 Å². The van der Waals surface area contributed by atoms with E-state index in [0.717, 1.165) is 17.9 Å². The van der Waals surface area contributed by atoms with Crippen LogP contribution in [0.1, 0.15) is 52.9 Å². The Labute approximate surface area is 102 Å². The molecule has 1 aliphatic carbocycles. The molecule has 1 saturated carbocycles. The normalized spacial score (nSPS) is 18.0. The van der Waals surface area contributed by atoms with Gasteiger partial charge >= 0.3 is 0 Å². The molecule has 2 nitrogen and oxygen atoms in total.